The van der Waals surface area contributed by atoms with Crippen LogP contribution in [0.25, 0.3) is 0 Å². The van der Waals surface area contributed by atoms with Crippen LogP contribution in [0.5, 0.6) is 0 Å². The first-order chi connectivity index (χ1) is 13.0. The predicted molar refractivity (Wildman–Crippen MR) is 131 cm³/mol. The number of hydrogen-bond donors (Lipinski definition) is 3. The average molecular weight is 527 g/mol. The number of amides is 1. The molecule has 0 bridgehead atoms. The van der Waals surface area contributed by atoms with Crippen molar-refractivity contribution in [1.29, 1.82) is 0 Å². The lowest BCUT2D eigenvalue weighted by Gasteiger charge is -2.29. The van der Waals surface area contributed by atoms with Crippen LogP contribution in [0.2, 0.25) is 0 Å². The minimum atomic E-state index is -0.506. The normalized spacial score (nSPS) is 17.1. The lowest BCUT2D eigenvalue weighted by Crippen LogP contribution is -2.54. The van der Waals surface area contributed by atoms with Crippen LogP contribution in [0, 0.1) is 0 Å². The van der Waals surface area contributed by atoms with Crippen LogP contribution in [0.1, 0.15) is 47.5 Å². The molecule has 1 fully saturated rings. The van der Waals surface area contributed by atoms with E-state index in [1.54, 1.807) is 7.05 Å². The largest absolute Gasteiger partial charge is 0.444 e. The zero-order chi connectivity index (χ0) is 21.2. The first-order valence-corrected chi connectivity index (χ1v) is 10.4. The summed E-state index contributed by atoms with van der Waals surface area (Å²) in [5.41, 5.74) is -0.966. The molecular weight excluding hydrogens is 483 g/mol. The summed E-state index contributed by atoms with van der Waals surface area (Å²) < 4.78 is 5.33. The van der Waals surface area contributed by atoms with Crippen molar-refractivity contribution < 1.29 is 9.53 Å². The molecular formula is C20H43IN6O2. The summed E-state index contributed by atoms with van der Waals surface area (Å²) >= 11 is 0. The van der Waals surface area contributed by atoms with E-state index >= 15 is 0 Å². The molecule has 0 aliphatic carbocycles. The number of rotatable bonds is 7. The third kappa shape index (κ3) is 13.9. The van der Waals surface area contributed by atoms with E-state index in [1.807, 2.05) is 34.6 Å². The molecule has 29 heavy (non-hydrogen) atoms. The first-order valence-electron chi connectivity index (χ1n) is 10.4. The van der Waals surface area contributed by atoms with Gasteiger partial charge in [0.15, 0.2) is 5.96 Å². The van der Waals surface area contributed by atoms with Gasteiger partial charge in [-0.1, -0.05) is 0 Å². The van der Waals surface area contributed by atoms with E-state index in [0.717, 1.165) is 38.6 Å². The van der Waals surface area contributed by atoms with Gasteiger partial charge in [-0.3, -0.25) is 4.99 Å². The molecule has 8 nitrogen and oxygen atoms in total. The molecule has 1 aliphatic heterocycles. The van der Waals surface area contributed by atoms with Gasteiger partial charge in [0.05, 0.1) is 5.54 Å². The van der Waals surface area contributed by atoms with Crippen molar-refractivity contribution in [1.82, 2.24) is 25.8 Å². The van der Waals surface area contributed by atoms with Crippen LogP contribution in [0.15, 0.2) is 4.99 Å². The fourth-order valence-corrected chi connectivity index (χ4v) is 2.98. The minimum Gasteiger partial charge on any atom is -0.444 e. The Labute approximate surface area is 194 Å². The van der Waals surface area contributed by atoms with E-state index in [4.69, 9.17) is 4.74 Å². The zero-order valence-corrected chi connectivity index (χ0v) is 21.8. The standard InChI is InChI=1S/C20H42N6O2.HI/c1-19(2,3)28-18(27)24-20(4,5)16-23-17(21-6)22-10-8-12-26-13-9-11-25(7)14-15-26;/h8-16H2,1-7H3,(H,24,27)(H2,21,22,23);1H. The molecule has 1 heterocycles. The third-order valence-corrected chi connectivity index (χ3v) is 4.52. The fraction of sp³-hybridized carbons (Fsp3) is 0.900. The number of carbonyl (C=O) groups is 1. The number of nitrogens with one attached hydrogen (secondary N) is 3. The Morgan fingerprint density at radius 2 is 1.76 bits per heavy atom. The van der Waals surface area contributed by atoms with E-state index in [9.17, 15) is 4.79 Å². The van der Waals surface area contributed by atoms with Crippen LogP contribution >= 0.6 is 24.0 Å². The van der Waals surface area contributed by atoms with Crippen LogP contribution in [-0.2, 0) is 4.74 Å². The highest BCUT2D eigenvalue weighted by Crippen LogP contribution is 2.09. The van der Waals surface area contributed by atoms with Crippen molar-refractivity contribution >= 4 is 36.0 Å². The number of carbonyl (C=O) groups excluding carboxylic acids is 1. The zero-order valence-electron chi connectivity index (χ0n) is 19.4. The number of alkyl carbamates (subject to hydrolysis) is 1. The maximum Gasteiger partial charge on any atom is 0.408 e. The van der Waals surface area contributed by atoms with Crippen molar-refractivity contribution in [2.45, 2.75) is 58.6 Å². The van der Waals surface area contributed by atoms with E-state index in [2.05, 4.69) is 37.8 Å². The Balaban J connectivity index is 0.00000784. The summed E-state index contributed by atoms with van der Waals surface area (Å²) in [6.45, 7) is 16.7. The minimum absolute atomic E-state index is 0. The molecule has 0 unspecified atom stereocenters. The number of ether oxygens (including phenoxy) is 1. The van der Waals surface area contributed by atoms with Gasteiger partial charge < -0.3 is 30.5 Å². The second kappa shape index (κ2) is 13.5. The summed E-state index contributed by atoms with van der Waals surface area (Å²) in [5, 5.41) is 9.53. The van der Waals surface area contributed by atoms with Gasteiger partial charge in [-0.2, -0.15) is 0 Å². The van der Waals surface area contributed by atoms with Crippen LogP contribution in [0.4, 0.5) is 4.79 Å². The molecule has 0 saturated carbocycles. The Kier molecular flexibility index (Phi) is 13.1. The second-order valence-electron chi connectivity index (χ2n) is 9.22. The van der Waals surface area contributed by atoms with Crippen LogP contribution in [-0.4, -0.2) is 92.9 Å². The maximum atomic E-state index is 12.0. The Morgan fingerprint density at radius 3 is 2.38 bits per heavy atom. The number of guanidine groups is 1. The van der Waals surface area contributed by atoms with Crippen LogP contribution in [0.3, 0.4) is 0 Å². The van der Waals surface area contributed by atoms with Crippen molar-refractivity contribution in [2.24, 2.45) is 4.99 Å². The first kappa shape index (κ1) is 28.2. The monoisotopic (exact) mass is 526 g/mol. The molecule has 0 atom stereocenters. The molecule has 1 aliphatic rings. The van der Waals surface area contributed by atoms with Gasteiger partial charge in [0.25, 0.3) is 0 Å². The number of likely N-dealkylation sites (N-methyl/N-ethyl adjacent to an activating group) is 1. The van der Waals surface area contributed by atoms with Crippen molar-refractivity contribution in [2.75, 3.05) is 59.9 Å². The van der Waals surface area contributed by atoms with Gasteiger partial charge in [0.2, 0.25) is 0 Å². The van der Waals surface area contributed by atoms with Crippen molar-refractivity contribution in [3.8, 4) is 0 Å². The smallest absolute Gasteiger partial charge is 0.408 e. The molecule has 9 heteroatoms. The lowest BCUT2D eigenvalue weighted by atomic mass is 10.1. The van der Waals surface area contributed by atoms with Gasteiger partial charge in [0.1, 0.15) is 5.60 Å². The molecule has 172 valence electrons. The topological polar surface area (TPSA) is 81.2 Å². The number of aliphatic imine (C=N–C) groups is 1. The quantitative estimate of drug-likeness (QED) is 0.204. The predicted octanol–water partition coefficient (Wildman–Crippen LogP) is 2.10. The summed E-state index contributed by atoms with van der Waals surface area (Å²) in [6, 6.07) is 0. The number of nitrogens with zero attached hydrogens (tertiary/aromatic N) is 3. The van der Waals surface area contributed by atoms with E-state index < -0.39 is 17.2 Å². The molecule has 3 N–H and O–H groups in total. The summed E-state index contributed by atoms with van der Waals surface area (Å²) in [6.07, 6.45) is 1.90. The molecule has 1 saturated heterocycles. The summed E-state index contributed by atoms with van der Waals surface area (Å²) in [4.78, 5) is 21.2. The van der Waals surface area contributed by atoms with Gasteiger partial charge in [-0.05, 0) is 74.1 Å². The molecule has 0 aromatic heterocycles. The molecule has 1 amide bonds. The molecule has 1 rings (SSSR count). The SMILES string of the molecule is CN=C(NCCCN1CCCN(C)CC1)NCC(C)(C)NC(=O)OC(C)(C)C.I. The van der Waals surface area contributed by atoms with Gasteiger partial charge >= 0.3 is 6.09 Å². The highest BCUT2D eigenvalue weighted by atomic mass is 127. The van der Waals surface area contributed by atoms with Gasteiger partial charge in [-0.15, -0.1) is 24.0 Å². The Hall–Kier alpha value is -0.810. The van der Waals surface area contributed by atoms with Crippen molar-refractivity contribution in [3.63, 3.8) is 0 Å². The van der Waals surface area contributed by atoms with E-state index in [1.165, 1.54) is 19.5 Å². The van der Waals surface area contributed by atoms with Crippen molar-refractivity contribution in [3.05, 3.63) is 0 Å². The Morgan fingerprint density at radius 1 is 1.07 bits per heavy atom. The Bertz CT molecular complexity index is 508. The molecule has 0 aromatic carbocycles. The van der Waals surface area contributed by atoms with E-state index in [0.29, 0.717) is 6.54 Å². The summed E-state index contributed by atoms with van der Waals surface area (Å²) in [7, 11) is 3.95. The maximum absolute atomic E-state index is 12.0. The second-order valence-corrected chi connectivity index (χ2v) is 9.22. The fourth-order valence-electron chi connectivity index (χ4n) is 2.98. The van der Waals surface area contributed by atoms with Gasteiger partial charge in [-0.25, -0.2) is 4.79 Å². The highest BCUT2D eigenvalue weighted by Gasteiger charge is 2.24. The lowest BCUT2D eigenvalue weighted by molar-refractivity contribution is 0.0474. The molecule has 0 radical (unpaired) electrons. The van der Waals surface area contributed by atoms with Gasteiger partial charge in [0, 0.05) is 33.2 Å². The van der Waals surface area contributed by atoms with Crippen LogP contribution < -0.4 is 16.0 Å². The average Bonchev–Trinajstić information content (AvgIpc) is 2.76. The number of hydrogen-bond acceptors (Lipinski definition) is 5. The third-order valence-electron chi connectivity index (χ3n) is 4.52. The molecule has 0 spiro atoms. The highest BCUT2D eigenvalue weighted by molar-refractivity contribution is 14.0. The molecule has 0 aromatic rings. The number of halogens is 1. The summed E-state index contributed by atoms with van der Waals surface area (Å²) in [5.74, 6) is 0.745. The van der Waals surface area contributed by atoms with E-state index in [-0.39, 0.29) is 24.0 Å².